The van der Waals surface area contributed by atoms with Crippen molar-refractivity contribution < 1.29 is 37.0 Å². The van der Waals surface area contributed by atoms with Crippen molar-refractivity contribution in [1.29, 1.82) is 0 Å². The van der Waals surface area contributed by atoms with Crippen LogP contribution in [0.25, 0.3) is 0 Å². The fourth-order valence-electron chi connectivity index (χ4n) is 3.40. The van der Waals surface area contributed by atoms with Crippen LogP contribution < -0.4 is 15.4 Å². The van der Waals surface area contributed by atoms with Gasteiger partial charge in [-0.25, -0.2) is 4.79 Å². The summed E-state index contributed by atoms with van der Waals surface area (Å²) in [4.78, 5) is 36.5. The first kappa shape index (κ1) is 33.9. The van der Waals surface area contributed by atoms with Gasteiger partial charge >= 0.3 is 12.1 Å². The molecule has 10 heteroatoms. The molecule has 0 fully saturated rings. The zero-order valence-electron chi connectivity index (χ0n) is 23.3. The van der Waals surface area contributed by atoms with Gasteiger partial charge in [0.05, 0.1) is 19.4 Å². The van der Waals surface area contributed by atoms with E-state index in [2.05, 4.69) is 17.2 Å². The lowest BCUT2D eigenvalue weighted by molar-refractivity contribution is -0.167. The average Bonchev–Trinajstić information content (AvgIpc) is 2.93. The molecule has 1 unspecified atom stereocenters. The highest BCUT2D eigenvalue weighted by molar-refractivity contribution is 6.00. The number of carbonyl (C=O) groups excluding carboxylic acids is 3. The summed E-state index contributed by atoms with van der Waals surface area (Å²) in [6, 6.07) is 5.34. The number of esters is 1. The van der Waals surface area contributed by atoms with Crippen molar-refractivity contribution in [3.8, 4) is 5.75 Å². The standard InChI is InChI=1S/C30H37F3N2O5/c1-6-10-11-13-22(8-3)28(37)34-23(9-4)18-19-40-24-16-14-21(15-17-24)20-26(29(38)39-5)35-25(12-7-2)27(36)30(31,32)33/h7,9-17,26,35H,2,6,8,18-20H2,1,3-5H3,(H,34,37)/b11-10-,22-13+,23-9+,25-12-. The second kappa shape index (κ2) is 17.5. The summed E-state index contributed by atoms with van der Waals surface area (Å²) in [6.45, 7) is 9.34. The smallest absolute Gasteiger partial charge is 0.456 e. The van der Waals surface area contributed by atoms with E-state index < -0.39 is 29.7 Å². The van der Waals surface area contributed by atoms with Gasteiger partial charge in [0.1, 0.15) is 11.8 Å². The number of amides is 1. The molecule has 1 aromatic rings. The number of benzene rings is 1. The van der Waals surface area contributed by atoms with Gasteiger partial charge in [-0.2, -0.15) is 13.2 Å². The van der Waals surface area contributed by atoms with Gasteiger partial charge in [0, 0.05) is 24.1 Å². The second-order valence-electron chi connectivity index (χ2n) is 8.46. The van der Waals surface area contributed by atoms with Gasteiger partial charge in [-0.3, -0.25) is 9.59 Å². The maximum absolute atomic E-state index is 12.9. The molecule has 0 spiro atoms. The number of hydrogen-bond donors (Lipinski definition) is 2. The molecule has 1 amide bonds. The Hall–Kier alpha value is -4.08. The number of methoxy groups -OCH3 is 1. The van der Waals surface area contributed by atoms with Crippen LogP contribution in [0.5, 0.6) is 5.75 Å². The summed E-state index contributed by atoms with van der Waals surface area (Å²) < 4.78 is 49.3. The van der Waals surface area contributed by atoms with Gasteiger partial charge in [-0.1, -0.05) is 62.9 Å². The van der Waals surface area contributed by atoms with Crippen LogP contribution in [0.2, 0.25) is 0 Å². The number of carbonyl (C=O) groups is 3. The van der Waals surface area contributed by atoms with Crippen molar-refractivity contribution in [2.75, 3.05) is 13.7 Å². The zero-order chi connectivity index (χ0) is 30.1. The quantitative estimate of drug-likeness (QED) is 0.154. The maximum atomic E-state index is 12.9. The van der Waals surface area contributed by atoms with Crippen LogP contribution in [0, 0.1) is 0 Å². The molecule has 7 nitrogen and oxygen atoms in total. The first-order chi connectivity index (χ1) is 19.0. The molecule has 0 saturated heterocycles. The third kappa shape index (κ3) is 11.8. The Kier molecular flexibility index (Phi) is 14.8. The van der Waals surface area contributed by atoms with E-state index in [4.69, 9.17) is 9.47 Å². The second-order valence-corrected chi connectivity index (χ2v) is 8.46. The highest BCUT2D eigenvalue weighted by Crippen LogP contribution is 2.21. The number of rotatable bonds is 16. The maximum Gasteiger partial charge on any atom is 0.456 e. The van der Waals surface area contributed by atoms with E-state index >= 15 is 0 Å². The van der Waals surface area contributed by atoms with E-state index in [0.29, 0.717) is 35.4 Å². The normalized spacial score (nSPS) is 13.5. The summed E-state index contributed by atoms with van der Waals surface area (Å²) >= 11 is 0. The topological polar surface area (TPSA) is 93.7 Å². The highest BCUT2D eigenvalue weighted by Gasteiger charge is 2.41. The van der Waals surface area contributed by atoms with Gasteiger partial charge in [0.2, 0.25) is 0 Å². The number of hydrogen-bond acceptors (Lipinski definition) is 6. The van der Waals surface area contributed by atoms with Gasteiger partial charge in [0.15, 0.2) is 0 Å². The fraction of sp³-hybridized carbons (Fsp3) is 0.367. The lowest BCUT2D eigenvalue weighted by Gasteiger charge is -2.20. The van der Waals surface area contributed by atoms with Crippen LogP contribution in [-0.4, -0.2) is 43.6 Å². The highest BCUT2D eigenvalue weighted by atomic mass is 19.4. The molecule has 0 aliphatic rings. The van der Waals surface area contributed by atoms with Gasteiger partial charge in [-0.05, 0) is 43.5 Å². The van der Waals surface area contributed by atoms with Crippen LogP contribution in [0.4, 0.5) is 13.2 Å². The van der Waals surface area contributed by atoms with Gasteiger partial charge in [-0.15, -0.1) is 0 Å². The van der Waals surface area contributed by atoms with Gasteiger partial charge in [0.25, 0.3) is 11.7 Å². The number of ketones is 1. The third-order valence-electron chi connectivity index (χ3n) is 5.57. The third-order valence-corrected chi connectivity index (χ3v) is 5.57. The molecule has 1 rings (SSSR count). The van der Waals surface area contributed by atoms with E-state index in [1.165, 1.54) is 0 Å². The van der Waals surface area contributed by atoms with E-state index in [9.17, 15) is 27.6 Å². The molecule has 0 saturated carbocycles. The van der Waals surface area contributed by atoms with Crippen molar-refractivity contribution >= 4 is 17.7 Å². The summed E-state index contributed by atoms with van der Waals surface area (Å²) in [6.07, 6.45) is 6.05. The lowest BCUT2D eigenvalue weighted by atomic mass is 10.0. The van der Waals surface area contributed by atoms with Gasteiger partial charge < -0.3 is 20.1 Å². The minimum Gasteiger partial charge on any atom is -0.493 e. The average molecular weight is 563 g/mol. The first-order valence-electron chi connectivity index (χ1n) is 12.8. The summed E-state index contributed by atoms with van der Waals surface area (Å²) in [5.74, 6) is -2.62. The Morgan fingerprint density at radius 3 is 2.30 bits per heavy atom. The predicted molar refractivity (Wildman–Crippen MR) is 148 cm³/mol. The first-order valence-corrected chi connectivity index (χ1v) is 12.8. The lowest BCUT2D eigenvalue weighted by Crippen LogP contribution is -2.43. The number of allylic oxidation sites excluding steroid dienone is 7. The Morgan fingerprint density at radius 2 is 1.77 bits per heavy atom. The van der Waals surface area contributed by atoms with Crippen LogP contribution in [0.3, 0.4) is 0 Å². The molecular weight excluding hydrogens is 525 g/mol. The van der Waals surface area contributed by atoms with Crippen LogP contribution in [0.15, 0.2) is 84.3 Å². The molecule has 40 heavy (non-hydrogen) atoms. The van der Waals surface area contributed by atoms with Crippen LogP contribution in [-0.2, 0) is 25.5 Å². The number of ether oxygens (including phenoxy) is 2. The van der Waals surface area contributed by atoms with E-state index in [1.54, 1.807) is 36.4 Å². The van der Waals surface area contributed by atoms with Crippen LogP contribution in [0.1, 0.15) is 45.6 Å². The van der Waals surface area contributed by atoms with E-state index in [-0.39, 0.29) is 18.9 Å². The summed E-state index contributed by atoms with van der Waals surface area (Å²) in [7, 11) is 1.10. The zero-order valence-corrected chi connectivity index (χ0v) is 23.3. The molecule has 0 radical (unpaired) electrons. The van der Waals surface area contributed by atoms with Crippen LogP contribution >= 0.6 is 0 Å². The molecular formula is C30H37F3N2O5. The summed E-state index contributed by atoms with van der Waals surface area (Å²) in [5.41, 5.74) is 1.15. The number of nitrogens with one attached hydrogen (secondary N) is 2. The molecule has 0 heterocycles. The minimum absolute atomic E-state index is 0.0535. The summed E-state index contributed by atoms with van der Waals surface area (Å²) in [5, 5.41) is 5.24. The molecule has 1 atom stereocenters. The van der Waals surface area contributed by atoms with Crippen molar-refractivity contribution in [3.63, 3.8) is 0 Å². The molecule has 0 aromatic heterocycles. The molecule has 218 valence electrons. The SMILES string of the molecule is C=C/C=C(\NC(Cc1ccc(OCC/C(=C\C)NC(=O)/C(=C/C=C\CC)CC)cc1)C(=O)OC)C(=O)C(F)(F)F. The van der Waals surface area contributed by atoms with Crippen molar-refractivity contribution in [2.45, 2.75) is 58.7 Å². The minimum atomic E-state index is -5.13. The number of Topliss-reactive ketones (excluding diaryl/α,β-unsaturated/α-hetero) is 1. The Morgan fingerprint density at radius 1 is 1.10 bits per heavy atom. The predicted octanol–water partition coefficient (Wildman–Crippen LogP) is 5.65. The molecule has 1 aromatic carbocycles. The Balaban J connectivity index is 2.81. The number of halogens is 3. The molecule has 2 N–H and O–H groups in total. The van der Waals surface area contributed by atoms with E-state index in [0.717, 1.165) is 25.7 Å². The van der Waals surface area contributed by atoms with Crippen molar-refractivity contribution in [1.82, 2.24) is 10.6 Å². The van der Waals surface area contributed by atoms with E-state index in [1.807, 2.05) is 32.9 Å². The molecule has 0 aliphatic heterocycles. The molecule has 0 aliphatic carbocycles. The fourth-order valence-corrected chi connectivity index (χ4v) is 3.40. The largest absolute Gasteiger partial charge is 0.493 e. The Bertz CT molecular complexity index is 1130. The number of alkyl halides is 3. The molecule has 0 bridgehead atoms. The van der Waals surface area contributed by atoms with Crippen molar-refractivity contribution in [2.24, 2.45) is 0 Å². The monoisotopic (exact) mass is 562 g/mol. The Labute approximate surface area is 233 Å². The van der Waals surface area contributed by atoms with Crippen molar-refractivity contribution in [3.05, 3.63) is 89.8 Å².